The van der Waals surface area contributed by atoms with Gasteiger partial charge in [-0.1, -0.05) is 34.8 Å². The lowest BCUT2D eigenvalue weighted by Gasteiger charge is -2.14. The Morgan fingerprint density at radius 3 is 2.30 bits per heavy atom. The van der Waals surface area contributed by atoms with Gasteiger partial charge >= 0.3 is 6.18 Å². The molecule has 0 spiro atoms. The lowest BCUT2D eigenvalue weighted by molar-refractivity contribution is -0.140. The summed E-state index contributed by atoms with van der Waals surface area (Å²) in [5, 5.41) is -0.273. The number of rotatable bonds is 1. The zero-order chi connectivity index (χ0) is 15.1. The minimum Gasteiger partial charge on any atom is -0.251 e. The normalized spacial score (nSPS) is 11.8. The van der Waals surface area contributed by atoms with Crippen molar-refractivity contribution in [1.82, 2.24) is 4.98 Å². The summed E-state index contributed by atoms with van der Waals surface area (Å²) < 4.78 is 52.6. The fraction of sp³-hybridized carbons (Fsp3) is 0.0833. The Morgan fingerprint density at radius 1 is 1.05 bits per heavy atom. The first kappa shape index (κ1) is 15.4. The minimum atomic E-state index is -4.84. The van der Waals surface area contributed by atoms with Gasteiger partial charge < -0.3 is 0 Å². The molecule has 0 saturated carbocycles. The molecule has 0 radical (unpaired) electrons. The molecular weight excluding hydrogens is 340 g/mol. The van der Waals surface area contributed by atoms with Crippen LogP contribution in [0.4, 0.5) is 17.6 Å². The zero-order valence-electron chi connectivity index (χ0n) is 9.40. The van der Waals surface area contributed by atoms with Crippen LogP contribution in [0.5, 0.6) is 0 Å². The van der Waals surface area contributed by atoms with Gasteiger partial charge in [-0.2, -0.15) is 13.2 Å². The third kappa shape index (κ3) is 2.85. The van der Waals surface area contributed by atoms with Crippen molar-refractivity contribution in [3.05, 3.63) is 51.0 Å². The number of alkyl halides is 3. The van der Waals surface area contributed by atoms with E-state index >= 15 is 0 Å². The monoisotopic (exact) mass is 343 g/mol. The van der Waals surface area contributed by atoms with Gasteiger partial charge in [-0.25, -0.2) is 4.39 Å². The quantitative estimate of drug-likeness (QED) is 0.466. The highest BCUT2D eigenvalue weighted by atomic mass is 35.5. The molecule has 0 aliphatic heterocycles. The molecule has 0 saturated heterocycles. The van der Waals surface area contributed by atoms with Gasteiger partial charge in [0, 0.05) is 22.3 Å². The maximum atomic E-state index is 13.8. The van der Waals surface area contributed by atoms with Gasteiger partial charge in [-0.05, 0) is 18.2 Å². The van der Waals surface area contributed by atoms with Crippen molar-refractivity contribution in [3.8, 4) is 11.1 Å². The molecule has 0 aliphatic carbocycles. The maximum Gasteiger partial charge on any atom is 0.434 e. The maximum absolute atomic E-state index is 13.8. The van der Waals surface area contributed by atoms with E-state index in [1.807, 2.05) is 0 Å². The lowest BCUT2D eigenvalue weighted by atomic mass is 10.0. The Morgan fingerprint density at radius 2 is 1.70 bits per heavy atom. The van der Waals surface area contributed by atoms with E-state index in [1.54, 1.807) is 0 Å². The van der Waals surface area contributed by atoms with Crippen LogP contribution in [0.3, 0.4) is 0 Å². The van der Waals surface area contributed by atoms with Crippen LogP contribution in [0.25, 0.3) is 11.1 Å². The molecule has 1 aromatic carbocycles. The van der Waals surface area contributed by atoms with Crippen LogP contribution in [0.2, 0.25) is 15.1 Å². The predicted molar refractivity (Wildman–Crippen MR) is 69.7 cm³/mol. The molecule has 8 heteroatoms. The summed E-state index contributed by atoms with van der Waals surface area (Å²) in [4.78, 5) is 3.18. The Hall–Kier alpha value is -1.04. The van der Waals surface area contributed by atoms with Crippen LogP contribution < -0.4 is 0 Å². The van der Waals surface area contributed by atoms with E-state index in [0.717, 1.165) is 18.3 Å². The smallest absolute Gasteiger partial charge is 0.251 e. The van der Waals surface area contributed by atoms with Crippen LogP contribution in [-0.4, -0.2) is 4.98 Å². The van der Waals surface area contributed by atoms with Crippen LogP contribution in [0.1, 0.15) is 5.69 Å². The molecular formula is C12H4Cl3F4N. The lowest BCUT2D eigenvalue weighted by Crippen LogP contribution is -2.11. The van der Waals surface area contributed by atoms with E-state index in [4.69, 9.17) is 34.8 Å². The molecule has 20 heavy (non-hydrogen) atoms. The van der Waals surface area contributed by atoms with Gasteiger partial charge in [-0.15, -0.1) is 0 Å². The highest BCUT2D eigenvalue weighted by Gasteiger charge is 2.37. The Bertz CT molecular complexity index is 670. The molecule has 2 rings (SSSR count). The predicted octanol–water partition coefficient (Wildman–Crippen LogP) is 5.87. The number of hydrogen-bond donors (Lipinski definition) is 0. The molecule has 0 bridgehead atoms. The summed E-state index contributed by atoms with van der Waals surface area (Å²) in [5.41, 5.74) is -2.44. The van der Waals surface area contributed by atoms with Crippen molar-refractivity contribution in [3.63, 3.8) is 0 Å². The molecule has 0 unspecified atom stereocenters. The largest absolute Gasteiger partial charge is 0.434 e. The molecule has 0 atom stereocenters. The number of benzene rings is 1. The molecule has 1 aromatic heterocycles. The van der Waals surface area contributed by atoms with Crippen molar-refractivity contribution >= 4 is 34.8 Å². The minimum absolute atomic E-state index is 0.0331. The van der Waals surface area contributed by atoms with E-state index < -0.39 is 23.3 Å². The molecule has 106 valence electrons. The molecule has 0 aliphatic rings. The Balaban J connectivity index is 2.83. The second kappa shape index (κ2) is 5.39. The van der Waals surface area contributed by atoms with E-state index in [0.29, 0.717) is 0 Å². The summed E-state index contributed by atoms with van der Waals surface area (Å²) in [5.74, 6) is -1.12. The van der Waals surface area contributed by atoms with Gasteiger partial charge in [0.25, 0.3) is 0 Å². The molecule has 1 heterocycles. The SMILES string of the molecule is Fc1ccnc(C(F)(F)F)c1-c1cc(Cl)cc(Cl)c1Cl. The molecule has 0 N–H and O–H groups in total. The second-order valence-electron chi connectivity index (χ2n) is 3.76. The van der Waals surface area contributed by atoms with E-state index in [9.17, 15) is 17.6 Å². The first-order valence-corrected chi connectivity index (χ1v) is 6.22. The number of aromatic nitrogens is 1. The average Bonchev–Trinajstić information content (AvgIpc) is 2.32. The van der Waals surface area contributed by atoms with Crippen molar-refractivity contribution in [2.75, 3.05) is 0 Å². The number of pyridine rings is 1. The first-order valence-electron chi connectivity index (χ1n) is 5.08. The first-order chi connectivity index (χ1) is 9.21. The number of hydrogen-bond acceptors (Lipinski definition) is 1. The van der Waals surface area contributed by atoms with Crippen LogP contribution in [0.15, 0.2) is 24.4 Å². The number of halogens is 7. The average molecular weight is 345 g/mol. The molecule has 1 nitrogen and oxygen atoms in total. The van der Waals surface area contributed by atoms with Crippen molar-refractivity contribution in [2.24, 2.45) is 0 Å². The van der Waals surface area contributed by atoms with Crippen LogP contribution in [-0.2, 0) is 6.18 Å². The zero-order valence-corrected chi connectivity index (χ0v) is 11.7. The molecule has 2 aromatic rings. The number of nitrogens with zero attached hydrogens (tertiary/aromatic N) is 1. The molecule has 0 amide bonds. The Labute approximate surface area is 126 Å². The molecule has 0 fully saturated rings. The van der Waals surface area contributed by atoms with Crippen molar-refractivity contribution in [2.45, 2.75) is 6.18 Å². The van der Waals surface area contributed by atoms with Gasteiger partial charge in [0.1, 0.15) is 5.82 Å². The van der Waals surface area contributed by atoms with Crippen molar-refractivity contribution in [1.29, 1.82) is 0 Å². The summed E-state index contributed by atoms with van der Waals surface area (Å²) >= 11 is 17.3. The van der Waals surface area contributed by atoms with Crippen LogP contribution in [0, 0.1) is 5.82 Å². The fourth-order valence-electron chi connectivity index (χ4n) is 1.65. The van der Waals surface area contributed by atoms with Crippen molar-refractivity contribution < 1.29 is 17.6 Å². The highest BCUT2D eigenvalue weighted by Crippen LogP contribution is 2.42. The fourth-order valence-corrected chi connectivity index (χ4v) is 2.34. The topological polar surface area (TPSA) is 12.9 Å². The third-order valence-electron chi connectivity index (χ3n) is 2.43. The summed E-state index contributed by atoms with van der Waals surface area (Å²) in [7, 11) is 0. The van der Waals surface area contributed by atoms with E-state index in [-0.39, 0.29) is 20.6 Å². The third-order valence-corrected chi connectivity index (χ3v) is 3.45. The summed E-state index contributed by atoms with van der Waals surface area (Å²) in [6.07, 6.45) is -4.11. The van der Waals surface area contributed by atoms with Gasteiger partial charge in [0.2, 0.25) is 0 Å². The Kier molecular flexibility index (Phi) is 4.14. The van der Waals surface area contributed by atoms with Crippen LogP contribution >= 0.6 is 34.8 Å². The van der Waals surface area contributed by atoms with Gasteiger partial charge in [0.05, 0.1) is 10.0 Å². The summed E-state index contributed by atoms with van der Waals surface area (Å²) in [6, 6.07) is 3.15. The second-order valence-corrected chi connectivity index (χ2v) is 4.98. The van der Waals surface area contributed by atoms with E-state index in [2.05, 4.69) is 4.98 Å². The van der Waals surface area contributed by atoms with E-state index in [1.165, 1.54) is 6.07 Å². The van der Waals surface area contributed by atoms with Gasteiger partial charge in [-0.3, -0.25) is 4.98 Å². The standard InChI is InChI=1S/C12H4Cl3F4N/c13-5-3-6(10(15)7(14)4-5)9-8(16)1-2-20-11(9)12(17,18)19/h1-4H. The highest BCUT2D eigenvalue weighted by molar-refractivity contribution is 6.45. The van der Waals surface area contributed by atoms with Gasteiger partial charge in [0.15, 0.2) is 5.69 Å². The summed E-state index contributed by atoms with van der Waals surface area (Å²) in [6.45, 7) is 0.